The molecule has 0 spiro atoms. The molecule has 0 bridgehead atoms. The van der Waals surface area contributed by atoms with Gasteiger partial charge in [0.25, 0.3) is 0 Å². The molecule has 5 nitrogen and oxygen atoms in total. The second-order valence-electron chi connectivity index (χ2n) is 3.80. The van der Waals surface area contributed by atoms with Gasteiger partial charge in [0.1, 0.15) is 6.10 Å². The molecule has 2 rings (SSSR count). The number of ether oxygens (including phenoxy) is 2. The second kappa shape index (κ2) is 4.91. The zero-order valence-electron chi connectivity index (χ0n) is 9.75. The van der Waals surface area contributed by atoms with Gasteiger partial charge in [-0.2, -0.15) is 0 Å². The largest absolute Gasteiger partial charge is 0.490 e. The van der Waals surface area contributed by atoms with Gasteiger partial charge in [-0.3, -0.25) is 4.79 Å². The molecule has 1 heterocycles. The van der Waals surface area contributed by atoms with Crippen LogP contribution in [0.4, 0.5) is 0 Å². The van der Waals surface area contributed by atoms with Crippen molar-refractivity contribution in [2.24, 2.45) is 0 Å². The molecule has 18 heavy (non-hydrogen) atoms. The first-order valence-corrected chi connectivity index (χ1v) is 5.40. The molecular weight excluding hydrogens is 236 g/mol. The highest BCUT2D eigenvalue weighted by atomic mass is 16.6. The molecule has 1 atom stereocenters. The monoisotopic (exact) mass is 248 g/mol. The van der Waals surface area contributed by atoms with Crippen molar-refractivity contribution in [1.82, 2.24) is 0 Å². The SMILES string of the molecule is COC1=C(c2ccccc2)[C@H](CC(=O)O)OC1=O. The minimum absolute atomic E-state index is 0.0763. The smallest absolute Gasteiger partial charge is 0.374 e. The summed E-state index contributed by atoms with van der Waals surface area (Å²) < 4.78 is 10.0. The minimum Gasteiger partial charge on any atom is -0.490 e. The van der Waals surface area contributed by atoms with E-state index in [1.54, 1.807) is 24.3 Å². The van der Waals surface area contributed by atoms with Crippen molar-refractivity contribution in [3.8, 4) is 0 Å². The summed E-state index contributed by atoms with van der Waals surface area (Å²) in [5.74, 6) is -1.58. The second-order valence-corrected chi connectivity index (χ2v) is 3.80. The number of carboxylic acids is 1. The molecule has 1 aromatic carbocycles. The maximum Gasteiger partial charge on any atom is 0.374 e. The predicted octanol–water partition coefficient (Wildman–Crippen LogP) is 1.44. The van der Waals surface area contributed by atoms with Crippen LogP contribution in [0.15, 0.2) is 36.1 Å². The van der Waals surface area contributed by atoms with Crippen LogP contribution in [-0.2, 0) is 19.1 Å². The number of carboxylic acid groups (broad SMARTS) is 1. The molecule has 1 aromatic rings. The number of carbonyl (C=O) groups is 2. The summed E-state index contributed by atoms with van der Waals surface area (Å²) in [6.45, 7) is 0. The maximum absolute atomic E-state index is 11.6. The van der Waals surface area contributed by atoms with Crippen LogP contribution in [0, 0.1) is 0 Å². The number of aliphatic carboxylic acids is 1. The predicted molar refractivity (Wildman–Crippen MR) is 62.5 cm³/mol. The molecule has 94 valence electrons. The van der Waals surface area contributed by atoms with Gasteiger partial charge in [0.05, 0.1) is 19.1 Å². The Labute approximate surface area is 104 Å². The van der Waals surface area contributed by atoms with Crippen molar-refractivity contribution in [3.05, 3.63) is 41.7 Å². The van der Waals surface area contributed by atoms with Crippen LogP contribution < -0.4 is 0 Å². The third-order valence-electron chi connectivity index (χ3n) is 2.65. The Bertz CT molecular complexity index is 503. The van der Waals surface area contributed by atoms with Crippen molar-refractivity contribution in [1.29, 1.82) is 0 Å². The molecule has 0 aliphatic carbocycles. The Morgan fingerprint density at radius 2 is 2.06 bits per heavy atom. The summed E-state index contributed by atoms with van der Waals surface area (Å²) in [5.41, 5.74) is 1.22. The van der Waals surface area contributed by atoms with E-state index in [0.29, 0.717) is 5.57 Å². The number of rotatable bonds is 4. The summed E-state index contributed by atoms with van der Waals surface area (Å²) in [7, 11) is 1.36. The van der Waals surface area contributed by atoms with Crippen LogP contribution in [-0.4, -0.2) is 30.3 Å². The van der Waals surface area contributed by atoms with E-state index in [4.69, 9.17) is 14.6 Å². The topological polar surface area (TPSA) is 72.8 Å². The number of benzene rings is 1. The van der Waals surface area contributed by atoms with Gasteiger partial charge in [-0.25, -0.2) is 4.79 Å². The van der Waals surface area contributed by atoms with Crippen molar-refractivity contribution < 1.29 is 24.2 Å². The normalized spacial score (nSPS) is 18.7. The van der Waals surface area contributed by atoms with Gasteiger partial charge < -0.3 is 14.6 Å². The standard InChI is InChI=1S/C13H12O5/c1-17-12-11(8-5-3-2-4-6-8)9(7-10(14)15)18-13(12)16/h2-6,9H,7H2,1H3,(H,14,15)/t9-/m0/s1. The summed E-state index contributed by atoms with van der Waals surface area (Å²) >= 11 is 0. The molecule has 0 radical (unpaired) electrons. The van der Waals surface area contributed by atoms with Gasteiger partial charge in [0, 0.05) is 0 Å². The molecular formula is C13H12O5. The molecule has 0 aromatic heterocycles. The lowest BCUT2D eigenvalue weighted by atomic mass is 9.98. The maximum atomic E-state index is 11.6. The summed E-state index contributed by atoms with van der Waals surface area (Å²) in [4.78, 5) is 22.4. The van der Waals surface area contributed by atoms with Crippen molar-refractivity contribution in [3.63, 3.8) is 0 Å². The summed E-state index contributed by atoms with van der Waals surface area (Å²) in [6.07, 6.45) is -1.07. The van der Waals surface area contributed by atoms with E-state index in [0.717, 1.165) is 5.56 Å². The van der Waals surface area contributed by atoms with E-state index in [2.05, 4.69) is 0 Å². The summed E-state index contributed by atoms with van der Waals surface area (Å²) in [6, 6.07) is 9.00. The van der Waals surface area contributed by atoms with E-state index in [9.17, 15) is 9.59 Å². The molecule has 0 saturated carbocycles. The van der Waals surface area contributed by atoms with Gasteiger partial charge >= 0.3 is 11.9 Å². The zero-order valence-corrected chi connectivity index (χ0v) is 9.75. The number of hydrogen-bond donors (Lipinski definition) is 1. The van der Waals surface area contributed by atoms with E-state index in [1.807, 2.05) is 6.07 Å². The van der Waals surface area contributed by atoms with Gasteiger partial charge in [-0.1, -0.05) is 30.3 Å². The fourth-order valence-corrected chi connectivity index (χ4v) is 1.93. The Balaban J connectivity index is 2.44. The van der Waals surface area contributed by atoms with E-state index < -0.39 is 18.0 Å². The molecule has 0 unspecified atom stereocenters. The van der Waals surface area contributed by atoms with Crippen LogP contribution in [0.2, 0.25) is 0 Å². The van der Waals surface area contributed by atoms with E-state index in [1.165, 1.54) is 7.11 Å². The van der Waals surface area contributed by atoms with Gasteiger partial charge in [-0.15, -0.1) is 0 Å². The number of hydrogen-bond acceptors (Lipinski definition) is 4. The fourth-order valence-electron chi connectivity index (χ4n) is 1.93. The Morgan fingerprint density at radius 3 is 2.61 bits per heavy atom. The summed E-state index contributed by atoms with van der Waals surface area (Å²) in [5, 5.41) is 8.83. The Morgan fingerprint density at radius 1 is 1.39 bits per heavy atom. The molecule has 1 N–H and O–H groups in total. The lowest BCUT2D eigenvalue weighted by molar-refractivity contribution is -0.146. The van der Waals surface area contributed by atoms with E-state index >= 15 is 0 Å². The lowest BCUT2D eigenvalue weighted by Crippen LogP contribution is -2.16. The number of cyclic esters (lactones) is 1. The first-order chi connectivity index (χ1) is 8.63. The average Bonchev–Trinajstić information content (AvgIpc) is 2.65. The molecule has 0 saturated heterocycles. The molecule has 1 aliphatic heterocycles. The van der Waals surface area contributed by atoms with Crippen LogP contribution >= 0.6 is 0 Å². The van der Waals surface area contributed by atoms with Crippen molar-refractivity contribution >= 4 is 17.5 Å². The van der Waals surface area contributed by atoms with Crippen LogP contribution in [0.25, 0.3) is 5.57 Å². The van der Waals surface area contributed by atoms with Crippen molar-refractivity contribution in [2.45, 2.75) is 12.5 Å². The van der Waals surface area contributed by atoms with E-state index in [-0.39, 0.29) is 12.2 Å². The first kappa shape index (κ1) is 12.2. The Hall–Kier alpha value is -2.30. The van der Waals surface area contributed by atoms with Gasteiger partial charge in [0.2, 0.25) is 5.76 Å². The average molecular weight is 248 g/mol. The molecule has 1 aliphatic rings. The molecule has 0 fully saturated rings. The third-order valence-corrected chi connectivity index (χ3v) is 2.65. The highest BCUT2D eigenvalue weighted by molar-refractivity contribution is 6.01. The minimum atomic E-state index is -1.03. The lowest BCUT2D eigenvalue weighted by Gasteiger charge is -2.11. The first-order valence-electron chi connectivity index (χ1n) is 5.40. The van der Waals surface area contributed by atoms with Crippen LogP contribution in [0.1, 0.15) is 12.0 Å². The van der Waals surface area contributed by atoms with Gasteiger partial charge in [-0.05, 0) is 5.56 Å². The van der Waals surface area contributed by atoms with Crippen LogP contribution in [0.5, 0.6) is 0 Å². The Kier molecular flexibility index (Phi) is 3.32. The zero-order chi connectivity index (χ0) is 13.1. The quantitative estimate of drug-likeness (QED) is 0.816. The van der Waals surface area contributed by atoms with Gasteiger partial charge in [0.15, 0.2) is 0 Å². The molecule has 0 amide bonds. The number of methoxy groups -OCH3 is 1. The number of esters is 1. The number of carbonyl (C=O) groups excluding carboxylic acids is 1. The fraction of sp³-hybridized carbons (Fsp3) is 0.231. The highest BCUT2D eigenvalue weighted by Crippen LogP contribution is 2.33. The molecule has 5 heteroatoms. The van der Waals surface area contributed by atoms with Crippen LogP contribution in [0.3, 0.4) is 0 Å². The third kappa shape index (κ3) is 2.20. The highest BCUT2D eigenvalue weighted by Gasteiger charge is 2.37. The van der Waals surface area contributed by atoms with Crippen molar-refractivity contribution in [2.75, 3.05) is 7.11 Å².